The Kier molecular flexibility index (Phi) is 4.10. The number of carbonyl (C=O) groups is 1. The van der Waals surface area contributed by atoms with Gasteiger partial charge in [0.1, 0.15) is 0 Å². The fraction of sp³-hybridized carbons (Fsp3) is 0.529. The summed E-state index contributed by atoms with van der Waals surface area (Å²) in [5, 5.41) is 6.08. The molecule has 0 spiro atoms. The van der Waals surface area contributed by atoms with Gasteiger partial charge in [-0.05, 0) is 38.5 Å². The molecule has 1 aromatic heterocycles. The fourth-order valence-electron chi connectivity index (χ4n) is 3.19. The highest BCUT2D eigenvalue weighted by molar-refractivity contribution is 6.32. The van der Waals surface area contributed by atoms with E-state index >= 15 is 0 Å². The summed E-state index contributed by atoms with van der Waals surface area (Å²) in [7, 11) is 1.88. The average molecular weight is 336 g/mol. The molecule has 1 amide bonds. The van der Waals surface area contributed by atoms with E-state index in [1.165, 1.54) is 0 Å². The van der Waals surface area contributed by atoms with Gasteiger partial charge in [0.15, 0.2) is 0 Å². The number of halogens is 1. The maximum Gasteiger partial charge on any atom is 0.231 e. The van der Waals surface area contributed by atoms with Gasteiger partial charge in [-0.3, -0.25) is 9.48 Å². The lowest BCUT2D eigenvalue weighted by atomic mass is 9.89. The van der Waals surface area contributed by atoms with Gasteiger partial charge in [0.25, 0.3) is 0 Å². The number of fused-ring (bicyclic) bond motifs is 1. The number of ether oxygens (including phenoxy) is 1. The summed E-state index contributed by atoms with van der Waals surface area (Å²) in [6.45, 7) is 7.52. The van der Waals surface area contributed by atoms with Crippen LogP contribution in [0.1, 0.15) is 26.3 Å². The van der Waals surface area contributed by atoms with Crippen molar-refractivity contribution in [3.05, 3.63) is 28.9 Å². The number of hydrogen-bond donors (Lipinski definition) is 0. The number of amides is 1. The van der Waals surface area contributed by atoms with Gasteiger partial charge in [-0.2, -0.15) is 5.10 Å². The van der Waals surface area contributed by atoms with Crippen LogP contribution in [0.4, 0.5) is 0 Å². The number of hydrogen-bond acceptors (Lipinski definition) is 3. The summed E-state index contributed by atoms with van der Waals surface area (Å²) in [5.74, 6) is 0.105. The van der Waals surface area contributed by atoms with E-state index in [0.717, 1.165) is 16.5 Å². The Bertz CT molecular complexity index is 754. The van der Waals surface area contributed by atoms with Gasteiger partial charge >= 0.3 is 0 Å². The number of likely N-dealkylation sites (tertiary alicyclic amines) is 1. The molecule has 3 rings (SSSR count). The van der Waals surface area contributed by atoms with Gasteiger partial charge < -0.3 is 9.64 Å². The van der Waals surface area contributed by atoms with E-state index in [9.17, 15) is 4.79 Å². The third-order valence-electron chi connectivity index (χ3n) is 4.55. The van der Waals surface area contributed by atoms with Crippen LogP contribution in [0, 0.1) is 5.41 Å². The van der Waals surface area contributed by atoms with E-state index < -0.39 is 5.41 Å². The van der Waals surface area contributed by atoms with E-state index in [2.05, 4.69) is 5.10 Å². The lowest BCUT2D eigenvalue weighted by Gasteiger charge is -2.22. The molecule has 0 N–H and O–H groups in total. The number of carbonyl (C=O) groups excluding carboxylic acids is 1. The number of aryl methyl sites for hydroxylation is 1. The van der Waals surface area contributed by atoms with Crippen molar-refractivity contribution in [1.82, 2.24) is 14.7 Å². The molecule has 1 atom stereocenters. The summed E-state index contributed by atoms with van der Waals surface area (Å²) >= 11 is 6.40. The largest absolute Gasteiger partial charge is 0.376 e. The molecule has 23 heavy (non-hydrogen) atoms. The maximum absolute atomic E-state index is 12.7. The smallest absolute Gasteiger partial charge is 0.231 e. The van der Waals surface area contributed by atoms with Crippen LogP contribution >= 0.6 is 11.6 Å². The summed E-state index contributed by atoms with van der Waals surface area (Å²) in [6.07, 6.45) is 1.85. The van der Waals surface area contributed by atoms with E-state index in [4.69, 9.17) is 16.3 Å². The second kappa shape index (κ2) is 5.80. The van der Waals surface area contributed by atoms with Crippen LogP contribution in [0.2, 0.25) is 5.02 Å². The van der Waals surface area contributed by atoms with Crippen molar-refractivity contribution in [2.24, 2.45) is 12.5 Å². The predicted octanol–water partition coefficient (Wildman–Crippen LogP) is 3.00. The molecule has 5 nitrogen and oxygen atoms in total. The Morgan fingerprint density at radius 3 is 2.87 bits per heavy atom. The number of rotatable bonds is 4. The third kappa shape index (κ3) is 2.83. The molecule has 0 bridgehead atoms. The zero-order chi connectivity index (χ0) is 16.8. The number of benzene rings is 1. The SMILES string of the molecule is CCOC1CN(Cc2cc3nn(C)cc3cc2Cl)C(=O)C1(C)C. The summed E-state index contributed by atoms with van der Waals surface area (Å²) in [6, 6.07) is 3.87. The summed E-state index contributed by atoms with van der Waals surface area (Å²) in [5.41, 5.74) is 1.30. The predicted molar refractivity (Wildman–Crippen MR) is 90.3 cm³/mol. The van der Waals surface area contributed by atoms with E-state index in [0.29, 0.717) is 24.7 Å². The normalized spacial score (nSPS) is 20.7. The molecule has 0 aliphatic carbocycles. The van der Waals surface area contributed by atoms with Crippen molar-refractivity contribution < 1.29 is 9.53 Å². The first-order valence-corrected chi connectivity index (χ1v) is 8.23. The topological polar surface area (TPSA) is 47.4 Å². The Labute approximate surface area is 141 Å². The van der Waals surface area contributed by atoms with Crippen molar-refractivity contribution in [1.29, 1.82) is 0 Å². The second-order valence-corrected chi connectivity index (χ2v) is 7.06. The van der Waals surface area contributed by atoms with Crippen LogP contribution in [0.5, 0.6) is 0 Å². The monoisotopic (exact) mass is 335 g/mol. The van der Waals surface area contributed by atoms with Crippen LogP contribution in [0.3, 0.4) is 0 Å². The Morgan fingerprint density at radius 1 is 1.43 bits per heavy atom. The van der Waals surface area contributed by atoms with Gasteiger partial charge in [-0.1, -0.05) is 11.6 Å². The Morgan fingerprint density at radius 2 is 2.17 bits per heavy atom. The van der Waals surface area contributed by atoms with Gasteiger partial charge in [-0.15, -0.1) is 0 Å². The molecule has 1 saturated heterocycles. The molecule has 1 unspecified atom stereocenters. The zero-order valence-electron chi connectivity index (χ0n) is 14.0. The molecule has 1 aliphatic rings. The minimum absolute atomic E-state index is 0.0858. The van der Waals surface area contributed by atoms with Gasteiger partial charge in [0.2, 0.25) is 5.91 Å². The van der Waals surface area contributed by atoms with Gasteiger partial charge in [0, 0.05) is 43.3 Å². The molecule has 124 valence electrons. The highest BCUT2D eigenvalue weighted by atomic mass is 35.5. The molecule has 1 aliphatic heterocycles. The molecule has 1 aromatic carbocycles. The van der Waals surface area contributed by atoms with E-state index in [-0.39, 0.29) is 12.0 Å². The number of aromatic nitrogens is 2. The molecule has 2 aromatic rings. The molecule has 2 heterocycles. The molecule has 6 heteroatoms. The standard InChI is InChI=1S/C17H22ClN3O2/c1-5-23-15-10-21(16(22)17(15,2)3)9-11-7-14-12(6-13(11)18)8-20(4)19-14/h6-8,15H,5,9-10H2,1-4H3. The molecule has 1 fully saturated rings. The van der Waals surface area contributed by atoms with Crippen LogP contribution in [0.25, 0.3) is 10.9 Å². The first-order chi connectivity index (χ1) is 10.8. The quantitative estimate of drug-likeness (QED) is 0.863. The fourth-order valence-corrected chi connectivity index (χ4v) is 3.42. The first kappa shape index (κ1) is 16.3. The first-order valence-electron chi connectivity index (χ1n) is 7.85. The van der Waals surface area contributed by atoms with Gasteiger partial charge in [0.05, 0.1) is 17.0 Å². The van der Waals surface area contributed by atoms with Crippen LogP contribution in [-0.2, 0) is 23.1 Å². The van der Waals surface area contributed by atoms with Gasteiger partial charge in [-0.25, -0.2) is 0 Å². The lowest BCUT2D eigenvalue weighted by Crippen LogP contribution is -2.34. The maximum atomic E-state index is 12.7. The van der Waals surface area contributed by atoms with Crippen molar-refractivity contribution in [2.45, 2.75) is 33.4 Å². The van der Waals surface area contributed by atoms with Crippen molar-refractivity contribution >= 4 is 28.4 Å². The summed E-state index contributed by atoms with van der Waals surface area (Å²) < 4.78 is 7.51. The summed E-state index contributed by atoms with van der Waals surface area (Å²) in [4.78, 5) is 14.5. The van der Waals surface area contributed by atoms with Crippen LogP contribution in [-0.4, -0.2) is 39.8 Å². The zero-order valence-corrected chi connectivity index (χ0v) is 14.7. The van der Waals surface area contributed by atoms with Crippen molar-refractivity contribution in [3.8, 4) is 0 Å². The minimum atomic E-state index is -0.502. The van der Waals surface area contributed by atoms with E-state index in [1.54, 1.807) is 4.68 Å². The molecule has 0 radical (unpaired) electrons. The van der Waals surface area contributed by atoms with Crippen LogP contribution in [0.15, 0.2) is 18.3 Å². The Balaban J connectivity index is 1.87. The average Bonchev–Trinajstić information content (AvgIpc) is 2.92. The molecule has 0 saturated carbocycles. The minimum Gasteiger partial charge on any atom is -0.376 e. The third-order valence-corrected chi connectivity index (χ3v) is 4.90. The van der Waals surface area contributed by atoms with Crippen LogP contribution < -0.4 is 0 Å². The highest BCUT2D eigenvalue weighted by Crippen LogP contribution is 2.35. The van der Waals surface area contributed by atoms with E-state index in [1.807, 2.05) is 51.0 Å². The molecular formula is C17H22ClN3O2. The highest BCUT2D eigenvalue weighted by Gasteiger charge is 2.47. The number of nitrogens with zero attached hydrogens (tertiary/aromatic N) is 3. The second-order valence-electron chi connectivity index (χ2n) is 6.66. The van der Waals surface area contributed by atoms with Crippen molar-refractivity contribution in [2.75, 3.05) is 13.2 Å². The molecular weight excluding hydrogens is 314 g/mol. The lowest BCUT2D eigenvalue weighted by molar-refractivity contribution is -0.137. The van der Waals surface area contributed by atoms with Crippen molar-refractivity contribution in [3.63, 3.8) is 0 Å². The Hall–Kier alpha value is -1.59.